The summed E-state index contributed by atoms with van der Waals surface area (Å²) >= 11 is 0. The fourth-order valence-electron chi connectivity index (χ4n) is 10.1. The normalized spacial score (nSPS) is 22.0. The first kappa shape index (κ1) is 50.6. The van der Waals surface area contributed by atoms with Gasteiger partial charge in [0.1, 0.15) is 30.8 Å². The zero-order valence-corrected chi connectivity index (χ0v) is 39.3. The molecule has 1 fully saturated rings. The number of carbonyl (C=O) groups excluding carboxylic acids is 1. The van der Waals surface area contributed by atoms with Crippen LogP contribution < -0.4 is 9.47 Å². The fraction of sp³-hybridized carbons (Fsp3) is 0.426. The summed E-state index contributed by atoms with van der Waals surface area (Å²) in [7, 11) is 0. The molecule has 0 spiro atoms. The number of oxime groups is 1. The van der Waals surface area contributed by atoms with Crippen molar-refractivity contribution in [3.63, 3.8) is 0 Å². The van der Waals surface area contributed by atoms with E-state index in [9.17, 15) is 30.2 Å². The highest BCUT2D eigenvalue weighted by Crippen LogP contribution is 2.62. The van der Waals surface area contributed by atoms with Crippen LogP contribution in [-0.2, 0) is 32.3 Å². The Morgan fingerprint density at radius 2 is 1.74 bits per heavy atom. The van der Waals surface area contributed by atoms with Gasteiger partial charge >= 0.3 is 0 Å². The molecule has 0 radical (unpaired) electrons. The number of pyridine rings is 1. The van der Waals surface area contributed by atoms with Gasteiger partial charge in [-0.3, -0.25) is 19.9 Å². The van der Waals surface area contributed by atoms with Gasteiger partial charge in [0.25, 0.3) is 5.69 Å². The molecule has 366 valence electrons. The number of ether oxygens (including phenoxy) is 4. The van der Waals surface area contributed by atoms with Gasteiger partial charge in [-0.15, -0.1) is 6.58 Å². The van der Waals surface area contributed by atoms with Crippen LogP contribution >= 0.6 is 0 Å². The Morgan fingerprint density at radius 3 is 2.46 bits per heavy atom. The van der Waals surface area contributed by atoms with Crippen molar-refractivity contribution in [1.29, 1.82) is 0 Å². The van der Waals surface area contributed by atoms with Gasteiger partial charge in [0, 0.05) is 61.6 Å². The minimum Gasteiger partial charge on any atom is -0.487 e. The summed E-state index contributed by atoms with van der Waals surface area (Å²) < 4.78 is 26.8. The average molecular weight is 945 g/mol. The number of allylic oxidation sites excluding steroid dienone is 1. The first-order valence-electron chi connectivity index (χ1n) is 23.9. The van der Waals surface area contributed by atoms with E-state index in [1.807, 2.05) is 73.7 Å². The number of nitro groups is 1. The number of amides is 1. The monoisotopic (exact) mass is 944 g/mol. The fourth-order valence-corrected chi connectivity index (χ4v) is 10.1. The lowest BCUT2D eigenvalue weighted by atomic mass is 9.55. The van der Waals surface area contributed by atoms with Crippen molar-refractivity contribution in [2.45, 2.75) is 82.8 Å². The standard InChI is InChI=1S/C54H64N4O11/c1-3-30-67-54-50(57(26-31-65-32-29-61)51(62)25-20-39-18-21-43(22-19-39)58(63)64)35-48(56-68-36-40-13-5-4-6-14-40)46-33-41(15-7-9-27-59)45(17-8-10-28-60)52(53(46)54)47-34-44(23-24-49(47)69-54)66-37-42-16-11-12-38(2)55-42/h3-6,11-14,16,18-25,33-34,41,45,50,52-53,59-61H,1,7-10,15,17,26-32,35-37H2,2H3. The number of hydrogen-bond donors (Lipinski definition) is 3. The number of hydrogen-bond acceptors (Lipinski definition) is 13. The summed E-state index contributed by atoms with van der Waals surface area (Å²) in [5, 5.41) is 46.0. The van der Waals surface area contributed by atoms with E-state index >= 15 is 0 Å². The predicted molar refractivity (Wildman–Crippen MR) is 261 cm³/mol. The van der Waals surface area contributed by atoms with E-state index in [1.54, 1.807) is 29.2 Å². The minimum absolute atomic E-state index is 0.0146. The van der Waals surface area contributed by atoms with E-state index < -0.39 is 28.6 Å². The molecule has 2 heterocycles. The van der Waals surface area contributed by atoms with E-state index in [2.05, 4.69) is 17.6 Å². The van der Waals surface area contributed by atoms with Crippen molar-refractivity contribution >= 4 is 23.4 Å². The molecule has 0 bridgehead atoms. The molecule has 69 heavy (non-hydrogen) atoms. The van der Waals surface area contributed by atoms with Crippen LogP contribution in [0.25, 0.3) is 6.08 Å². The number of non-ortho nitro benzene ring substituents is 1. The van der Waals surface area contributed by atoms with Crippen LogP contribution in [0.5, 0.6) is 11.5 Å². The molecule has 3 N–H and O–H groups in total. The summed E-state index contributed by atoms with van der Waals surface area (Å²) in [6, 6.07) is 26.5. The van der Waals surface area contributed by atoms with Gasteiger partial charge in [0.2, 0.25) is 11.7 Å². The Balaban J connectivity index is 1.41. The zero-order chi connectivity index (χ0) is 48.6. The molecule has 15 heteroatoms. The van der Waals surface area contributed by atoms with Gasteiger partial charge in [-0.1, -0.05) is 66.5 Å². The van der Waals surface area contributed by atoms with Crippen LogP contribution in [0.15, 0.2) is 127 Å². The number of nitro benzene ring substituents is 1. The maximum atomic E-state index is 15.0. The average Bonchev–Trinajstić information content (AvgIpc) is 3.36. The molecule has 6 unspecified atom stereocenters. The second-order valence-electron chi connectivity index (χ2n) is 17.6. The number of aryl methyl sites for hydroxylation is 1. The zero-order valence-electron chi connectivity index (χ0n) is 39.3. The van der Waals surface area contributed by atoms with Crippen LogP contribution in [0.2, 0.25) is 0 Å². The number of carbonyl (C=O) groups is 1. The Hall–Kier alpha value is -6.23. The number of rotatable bonds is 26. The summed E-state index contributed by atoms with van der Waals surface area (Å²) in [6.45, 7) is 6.61. The highest BCUT2D eigenvalue weighted by Gasteiger charge is 2.65. The molecular weight excluding hydrogens is 881 g/mol. The summed E-state index contributed by atoms with van der Waals surface area (Å²) in [5.74, 6) is -1.61. The molecule has 7 rings (SSSR count). The van der Waals surface area contributed by atoms with Crippen molar-refractivity contribution in [2.75, 3.05) is 46.2 Å². The minimum atomic E-state index is -1.54. The molecule has 2 aliphatic carbocycles. The van der Waals surface area contributed by atoms with E-state index in [0.29, 0.717) is 35.6 Å². The summed E-state index contributed by atoms with van der Waals surface area (Å²) in [5.41, 5.74) is 5.53. The second kappa shape index (κ2) is 24.9. The van der Waals surface area contributed by atoms with Crippen LogP contribution in [0.1, 0.15) is 78.9 Å². The van der Waals surface area contributed by atoms with Crippen molar-refractivity contribution in [1.82, 2.24) is 9.88 Å². The van der Waals surface area contributed by atoms with E-state index in [4.69, 9.17) is 28.9 Å². The molecule has 1 saturated carbocycles. The predicted octanol–water partition coefficient (Wildman–Crippen LogP) is 8.26. The van der Waals surface area contributed by atoms with Crippen molar-refractivity contribution in [3.8, 4) is 11.5 Å². The first-order valence-corrected chi connectivity index (χ1v) is 23.9. The van der Waals surface area contributed by atoms with Crippen LogP contribution in [0.4, 0.5) is 5.69 Å². The lowest BCUT2D eigenvalue weighted by Gasteiger charge is -2.60. The van der Waals surface area contributed by atoms with Gasteiger partial charge in [0.05, 0.1) is 48.7 Å². The van der Waals surface area contributed by atoms with E-state index in [0.717, 1.165) is 53.8 Å². The SMILES string of the molecule is C=CCOC12Oc3ccc(OCc4cccc(C)n4)cc3C3C(CCCCO)C(CCCCO)C=C(C(=NOCc4ccccc4)CC1N(CCOCCO)C(=O)C=Cc1ccc([N+](=O)[O-])cc1)C32. The number of fused-ring (bicyclic) bond motifs is 2. The van der Waals surface area contributed by atoms with Crippen LogP contribution in [0, 0.1) is 34.8 Å². The lowest BCUT2D eigenvalue weighted by molar-refractivity contribution is -0.384. The summed E-state index contributed by atoms with van der Waals surface area (Å²) in [6.07, 6.45) is 11.5. The summed E-state index contributed by atoms with van der Waals surface area (Å²) in [4.78, 5) is 38.5. The quantitative estimate of drug-likeness (QED) is 0.0180. The van der Waals surface area contributed by atoms with Crippen LogP contribution in [0.3, 0.4) is 0 Å². The highest BCUT2D eigenvalue weighted by atomic mass is 16.7. The van der Waals surface area contributed by atoms with E-state index in [1.165, 1.54) is 18.2 Å². The Bertz CT molecular complexity index is 2430. The number of nitrogens with zero attached hydrogens (tertiary/aromatic N) is 4. The topological polar surface area (TPSA) is 196 Å². The molecule has 1 amide bonds. The number of aliphatic hydroxyl groups excluding tert-OH is 3. The lowest BCUT2D eigenvalue weighted by Crippen LogP contribution is -2.70. The second-order valence-corrected chi connectivity index (χ2v) is 17.6. The van der Waals surface area contributed by atoms with Gasteiger partial charge in [0.15, 0.2) is 0 Å². The highest BCUT2D eigenvalue weighted by molar-refractivity contribution is 6.03. The number of unbranched alkanes of at least 4 members (excludes halogenated alkanes) is 2. The number of benzene rings is 3. The van der Waals surface area contributed by atoms with Crippen molar-refractivity contribution in [2.24, 2.45) is 22.9 Å². The Kier molecular flexibility index (Phi) is 18.3. The third-order valence-electron chi connectivity index (χ3n) is 13.1. The van der Waals surface area contributed by atoms with Gasteiger partial charge in [-0.25, -0.2) is 0 Å². The molecule has 3 aliphatic rings. The first-order chi connectivity index (χ1) is 33.7. The Morgan fingerprint density at radius 1 is 0.957 bits per heavy atom. The van der Waals surface area contributed by atoms with E-state index in [-0.39, 0.29) is 89.3 Å². The third kappa shape index (κ3) is 12.5. The number of aromatic nitrogens is 1. The third-order valence-corrected chi connectivity index (χ3v) is 13.1. The van der Waals surface area contributed by atoms with Gasteiger partial charge < -0.3 is 44.0 Å². The molecular formula is C54H64N4O11. The Labute approximate surface area is 403 Å². The molecule has 3 aromatic carbocycles. The largest absolute Gasteiger partial charge is 0.487 e. The molecule has 1 aromatic heterocycles. The number of aliphatic hydroxyl groups is 3. The van der Waals surface area contributed by atoms with Gasteiger partial charge in [-0.2, -0.15) is 0 Å². The smallest absolute Gasteiger partial charge is 0.269 e. The maximum absolute atomic E-state index is 15.0. The maximum Gasteiger partial charge on any atom is 0.269 e. The van der Waals surface area contributed by atoms with Gasteiger partial charge in [-0.05, 0) is 110 Å². The van der Waals surface area contributed by atoms with Crippen LogP contribution in [-0.4, -0.2) is 99.8 Å². The molecule has 15 nitrogen and oxygen atoms in total. The van der Waals surface area contributed by atoms with Crippen molar-refractivity contribution < 1.29 is 48.8 Å². The molecule has 6 atom stereocenters. The molecule has 0 saturated heterocycles. The molecule has 1 aliphatic heterocycles. The van der Waals surface area contributed by atoms with Crippen molar-refractivity contribution in [3.05, 3.63) is 160 Å². The molecule has 4 aromatic rings.